The molecule has 4 nitrogen and oxygen atoms in total. The number of nitrogens with zero attached hydrogens (tertiary/aromatic N) is 1. The van der Waals surface area contributed by atoms with Crippen LogP contribution in [0, 0.1) is 0 Å². The van der Waals surface area contributed by atoms with Crippen molar-refractivity contribution in [3.8, 4) is 0 Å². The summed E-state index contributed by atoms with van der Waals surface area (Å²) in [5, 5.41) is 4.73. The van der Waals surface area contributed by atoms with Crippen molar-refractivity contribution in [2.24, 2.45) is 0 Å². The Bertz CT molecular complexity index is 1050. The zero-order valence-corrected chi connectivity index (χ0v) is 18.8. The number of thioether (sulfide) groups is 1. The summed E-state index contributed by atoms with van der Waals surface area (Å²) >= 11 is 3.02. The number of carbonyl (C=O) groups is 2. The number of benzene rings is 2. The summed E-state index contributed by atoms with van der Waals surface area (Å²) in [6.07, 6.45) is 0. The highest BCUT2D eigenvalue weighted by atomic mass is 32.2. The van der Waals surface area contributed by atoms with E-state index in [1.165, 1.54) is 16.9 Å². The molecule has 1 N–H and O–H groups in total. The SMILES string of the molecule is CC(C)(C)c1ccc(N2C(=O)CS[C@@H]2c2cccc(NC(=O)c3cccs3)c2)cc1. The molecule has 0 saturated carbocycles. The van der Waals surface area contributed by atoms with Crippen molar-refractivity contribution in [3.63, 3.8) is 0 Å². The van der Waals surface area contributed by atoms with Crippen LogP contribution in [-0.2, 0) is 10.2 Å². The van der Waals surface area contributed by atoms with E-state index in [4.69, 9.17) is 0 Å². The van der Waals surface area contributed by atoms with Gasteiger partial charge in [-0.3, -0.25) is 14.5 Å². The van der Waals surface area contributed by atoms with E-state index in [1.54, 1.807) is 17.8 Å². The molecule has 1 fully saturated rings. The van der Waals surface area contributed by atoms with E-state index in [-0.39, 0.29) is 22.6 Å². The molecular weight excluding hydrogens is 412 g/mol. The third-order valence-corrected chi connectivity index (χ3v) is 7.13. The smallest absolute Gasteiger partial charge is 0.265 e. The number of amides is 2. The van der Waals surface area contributed by atoms with Crippen molar-refractivity contribution >= 4 is 46.3 Å². The molecule has 1 aliphatic rings. The van der Waals surface area contributed by atoms with Crippen LogP contribution in [0.3, 0.4) is 0 Å². The zero-order valence-electron chi connectivity index (χ0n) is 17.2. The second-order valence-electron chi connectivity index (χ2n) is 8.28. The van der Waals surface area contributed by atoms with E-state index in [0.717, 1.165) is 16.9 Å². The maximum absolute atomic E-state index is 12.7. The minimum atomic E-state index is -0.119. The molecule has 1 aliphatic heterocycles. The minimum Gasteiger partial charge on any atom is -0.321 e. The number of carbonyl (C=O) groups excluding carboxylic acids is 2. The maximum atomic E-state index is 12.7. The Balaban J connectivity index is 1.58. The molecule has 2 aromatic carbocycles. The Morgan fingerprint density at radius 2 is 1.83 bits per heavy atom. The second-order valence-corrected chi connectivity index (χ2v) is 10.3. The van der Waals surface area contributed by atoms with Crippen molar-refractivity contribution in [1.82, 2.24) is 0 Å². The molecule has 1 aromatic heterocycles. The summed E-state index contributed by atoms with van der Waals surface area (Å²) in [6.45, 7) is 6.53. The summed E-state index contributed by atoms with van der Waals surface area (Å²) in [7, 11) is 0. The second kappa shape index (κ2) is 8.28. The number of rotatable bonds is 4. The molecule has 2 amide bonds. The summed E-state index contributed by atoms with van der Waals surface area (Å²) < 4.78 is 0. The van der Waals surface area contributed by atoms with Gasteiger partial charge in [-0.25, -0.2) is 0 Å². The monoisotopic (exact) mass is 436 g/mol. The minimum absolute atomic E-state index is 0.0663. The lowest BCUT2D eigenvalue weighted by Gasteiger charge is -2.26. The van der Waals surface area contributed by atoms with E-state index in [2.05, 4.69) is 38.2 Å². The highest BCUT2D eigenvalue weighted by Crippen LogP contribution is 2.42. The lowest BCUT2D eigenvalue weighted by atomic mass is 9.87. The first kappa shape index (κ1) is 20.7. The van der Waals surface area contributed by atoms with E-state index in [0.29, 0.717) is 10.6 Å². The molecular formula is C24H24N2O2S2. The molecule has 3 aromatic rings. The van der Waals surface area contributed by atoms with Crippen molar-refractivity contribution in [2.45, 2.75) is 31.6 Å². The molecule has 4 rings (SSSR count). The van der Waals surface area contributed by atoms with Gasteiger partial charge in [0.15, 0.2) is 0 Å². The largest absolute Gasteiger partial charge is 0.321 e. The Morgan fingerprint density at radius 1 is 1.07 bits per heavy atom. The van der Waals surface area contributed by atoms with Crippen molar-refractivity contribution < 1.29 is 9.59 Å². The highest BCUT2D eigenvalue weighted by Gasteiger charge is 2.34. The predicted molar refractivity (Wildman–Crippen MR) is 127 cm³/mol. The van der Waals surface area contributed by atoms with Gasteiger partial charge in [0, 0.05) is 11.4 Å². The first-order valence-corrected chi connectivity index (χ1v) is 11.7. The lowest BCUT2D eigenvalue weighted by Crippen LogP contribution is -2.28. The number of thiophene rings is 1. The van der Waals surface area contributed by atoms with Gasteiger partial charge in [-0.05, 0) is 52.3 Å². The Morgan fingerprint density at radius 3 is 2.50 bits per heavy atom. The van der Waals surface area contributed by atoms with E-state index < -0.39 is 0 Å². The van der Waals surface area contributed by atoms with Crippen LogP contribution in [-0.4, -0.2) is 17.6 Å². The summed E-state index contributed by atoms with van der Waals surface area (Å²) in [5.74, 6) is 0.422. The van der Waals surface area contributed by atoms with Crippen molar-refractivity contribution in [1.29, 1.82) is 0 Å². The van der Waals surface area contributed by atoms with Gasteiger partial charge in [-0.1, -0.05) is 51.1 Å². The molecule has 0 bridgehead atoms. The first-order valence-electron chi connectivity index (χ1n) is 9.82. The topological polar surface area (TPSA) is 49.4 Å². The highest BCUT2D eigenvalue weighted by molar-refractivity contribution is 8.00. The predicted octanol–water partition coefficient (Wildman–Crippen LogP) is 6.08. The quantitative estimate of drug-likeness (QED) is 0.539. The number of hydrogen-bond acceptors (Lipinski definition) is 4. The maximum Gasteiger partial charge on any atom is 0.265 e. The van der Waals surface area contributed by atoms with E-state index in [1.807, 2.05) is 52.7 Å². The molecule has 0 unspecified atom stereocenters. The first-order chi connectivity index (χ1) is 14.3. The number of anilines is 2. The van der Waals surface area contributed by atoms with Gasteiger partial charge in [0.1, 0.15) is 5.37 Å². The molecule has 1 saturated heterocycles. The van der Waals surface area contributed by atoms with Crippen LogP contribution < -0.4 is 10.2 Å². The van der Waals surface area contributed by atoms with Gasteiger partial charge in [0.2, 0.25) is 5.91 Å². The van der Waals surface area contributed by atoms with Crippen LogP contribution >= 0.6 is 23.1 Å². The Kier molecular flexibility index (Phi) is 5.71. The molecule has 0 radical (unpaired) electrons. The van der Waals surface area contributed by atoms with Crippen molar-refractivity contribution in [2.75, 3.05) is 16.0 Å². The zero-order chi connectivity index (χ0) is 21.3. The Hall–Kier alpha value is -2.57. The van der Waals surface area contributed by atoms with Crippen molar-refractivity contribution in [3.05, 3.63) is 82.0 Å². The molecule has 2 heterocycles. The molecule has 154 valence electrons. The fraction of sp³-hybridized carbons (Fsp3) is 0.250. The van der Waals surface area contributed by atoms with E-state index >= 15 is 0 Å². The van der Waals surface area contributed by atoms with Crippen LogP contribution in [0.1, 0.15) is 46.9 Å². The lowest BCUT2D eigenvalue weighted by molar-refractivity contribution is -0.115. The van der Waals surface area contributed by atoms with Gasteiger partial charge < -0.3 is 5.32 Å². The van der Waals surface area contributed by atoms with Crippen LogP contribution in [0.4, 0.5) is 11.4 Å². The fourth-order valence-corrected chi connectivity index (χ4v) is 5.23. The summed E-state index contributed by atoms with van der Waals surface area (Å²) in [4.78, 5) is 27.6. The third-order valence-electron chi connectivity index (χ3n) is 5.05. The Labute approximate surface area is 185 Å². The van der Waals surface area contributed by atoms with Crippen LogP contribution in [0.2, 0.25) is 0 Å². The van der Waals surface area contributed by atoms with Gasteiger partial charge in [0.25, 0.3) is 5.91 Å². The molecule has 30 heavy (non-hydrogen) atoms. The van der Waals surface area contributed by atoms with Gasteiger partial charge in [-0.2, -0.15) is 0 Å². The summed E-state index contributed by atoms with van der Waals surface area (Å²) in [5.41, 5.74) is 3.93. The fourth-order valence-electron chi connectivity index (χ4n) is 3.44. The number of nitrogens with one attached hydrogen (secondary N) is 1. The normalized spacial score (nSPS) is 16.7. The van der Waals surface area contributed by atoms with Gasteiger partial charge in [0.05, 0.1) is 10.6 Å². The average Bonchev–Trinajstić information content (AvgIpc) is 3.38. The summed E-state index contributed by atoms with van der Waals surface area (Å²) in [6, 6.07) is 19.7. The molecule has 0 spiro atoms. The van der Waals surface area contributed by atoms with E-state index in [9.17, 15) is 9.59 Å². The van der Waals surface area contributed by atoms with Crippen LogP contribution in [0.25, 0.3) is 0 Å². The average molecular weight is 437 g/mol. The molecule has 6 heteroatoms. The molecule has 0 aliphatic carbocycles. The van der Waals surface area contributed by atoms with Gasteiger partial charge >= 0.3 is 0 Å². The van der Waals surface area contributed by atoms with Gasteiger partial charge in [-0.15, -0.1) is 23.1 Å². The van der Waals surface area contributed by atoms with Crippen LogP contribution in [0.5, 0.6) is 0 Å². The molecule has 1 atom stereocenters. The van der Waals surface area contributed by atoms with Crippen LogP contribution in [0.15, 0.2) is 66.0 Å². The third kappa shape index (κ3) is 4.30. The number of hydrogen-bond donors (Lipinski definition) is 1. The standard InChI is InChI=1S/C24H24N2O2S2/c1-24(2,3)17-9-11-19(12-10-17)26-21(27)15-30-23(26)16-6-4-7-18(14-16)25-22(28)20-8-5-13-29-20/h4-14,23H,15H2,1-3H3,(H,25,28)/t23-/m1/s1.